The zero-order valence-corrected chi connectivity index (χ0v) is 21.4. The van der Waals surface area contributed by atoms with Gasteiger partial charge in [0.25, 0.3) is 0 Å². The van der Waals surface area contributed by atoms with E-state index >= 15 is 0 Å². The molecule has 5 heterocycles. The summed E-state index contributed by atoms with van der Waals surface area (Å²) < 4.78 is 8.81. The van der Waals surface area contributed by atoms with Gasteiger partial charge in [0, 0.05) is 80.6 Å². The molecule has 0 radical (unpaired) electrons. The van der Waals surface area contributed by atoms with Gasteiger partial charge in [0.2, 0.25) is 0 Å². The summed E-state index contributed by atoms with van der Waals surface area (Å²) in [5.74, 6) is 1.85. The number of benzene rings is 1. The van der Waals surface area contributed by atoms with Gasteiger partial charge in [-0.05, 0) is 35.9 Å². The normalized spacial score (nSPS) is 14.1. The lowest BCUT2D eigenvalue weighted by atomic mass is 10.0. The molecule has 0 saturated carbocycles. The topological polar surface area (TPSA) is 87.5 Å². The molecule has 0 spiro atoms. The lowest BCUT2D eigenvalue weighted by Gasteiger charge is -2.35. The predicted molar refractivity (Wildman–Crippen MR) is 146 cm³/mol. The van der Waals surface area contributed by atoms with E-state index in [9.17, 15) is 5.26 Å². The molecule has 0 amide bonds. The second-order valence-corrected chi connectivity index (χ2v) is 9.52. The monoisotopic (exact) mass is 504 g/mol. The first-order chi connectivity index (χ1) is 18.6. The number of aryl methyl sites for hydroxylation is 1. The lowest BCUT2D eigenvalue weighted by molar-refractivity contribution is 0.249. The maximum atomic E-state index is 9.69. The van der Waals surface area contributed by atoms with Crippen LogP contribution in [-0.4, -0.2) is 62.6 Å². The van der Waals surface area contributed by atoms with E-state index in [-0.39, 0.29) is 0 Å². The number of piperazine rings is 1. The van der Waals surface area contributed by atoms with Crippen molar-refractivity contribution in [3.63, 3.8) is 0 Å². The van der Waals surface area contributed by atoms with Crippen LogP contribution >= 0.6 is 0 Å². The smallest absolute Gasteiger partial charge is 0.128 e. The summed E-state index contributed by atoms with van der Waals surface area (Å²) in [6.45, 7) is 4.73. The maximum absolute atomic E-state index is 9.69. The molecular weight excluding hydrogens is 476 g/mol. The van der Waals surface area contributed by atoms with Crippen LogP contribution in [0.1, 0.15) is 11.1 Å². The fraction of sp³-hybridized carbons (Fsp3) is 0.241. The van der Waals surface area contributed by atoms with Gasteiger partial charge in [-0.2, -0.15) is 15.5 Å². The zero-order valence-electron chi connectivity index (χ0n) is 21.4. The molecule has 38 heavy (non-hydrogen) atoms. The Labute approximate surface area is 221 Å². The van der Waals surface area contributed by atoms with E-state index in [0.717, 1.165) is 72.1 Å². The highest BCUT2D eigenvalue weighted by molar-refractivity contribution is 5.87. The molecular formula is C29H28N8O. The summed E-state index contributed by atoms with van der Waals surface area (Å²) in [6.07, 6.45) is 9.24. The number of aromatic nitrogens is 5. The van der Waals surface area contributed by atoms with E-state index in [2.05, 4.69) is 56.4 Å². The van der Waals surface area contributed by atoms with Crippen molar-refractivity contribution < 1.29 is 4.74 Å². The molecule has 1 aliphatic rings. The molecule has 1 fully saturated rings. The Kier molecular flexibility index (Phi) is 6.23. The Morgan fingerprint density at radius 2 is 1.71 bits per heavy atom. The SMILES string of the molecule is COc1ccc(CN2CCN(c3ccc(-c4cc(-c5cnn(C)c5)cn5ncc(C#N)c45)cn3)CC2)cc1. The molecule has 0 N–H and O–H groups in total. The highest BCUT2D eigenvalue weighted by Crippen LogP contribution is 2.32. The Morgan fingerprint density at radius 1 is 0.895 bits per heavy atom. The van der Waals surface area contributed by atoms with Crippen LogP contribution in [0.3, 0.4) is 0 Å². The van der Waals surface area contributed by atoms with Gasteiger partial charge in [-0.3, -0.25) is 9.58 Å². The number of nitriles is 1. The lowest BCUT2D eigenvalue weighted by Crippen LogP contribution is -2.46. The second-order valence-electron chi connectivity index (χ2n) is 9.52. The van der Waals surface area contributed by atoms with Crippen LogP contribution in [0.5, 0.6) is 5.75 Å². The first kappa shape index (κ1) is 23.7. The van der Waals surface area contributed by atoms with Gasteiger partial charge in [-0.1, -0.05) is 12.1 Å². The van der Waals surface area contributed by atoms with Gasteiger partial charge in [0.05, 0.1) is 30.6 Å². The number of hydrogen-bond acceptors (Lipinski definition) is 7. The van der Waals surface area contributed by atoms with Crippen LogP contribution in [0, 0.1) is 11.3 Å². The third-order valence-electron chi connectivity index (χ3n) is 7.09. The minimum Gasteiger partial charge on any atom is -0.497 e. The number of pyridine rings is 2. The number of anilines is 1. The number of rotatable bonds is 6. The van der Waals surface area contributed by atoms with Crippen molar-refractivity contribution in [1.82, 2.24) is 29.3 Å². The number of methoxy groups -OCH3 is 1. The van der Waals surface area contributed by atoms with Crippen LogP contribution in [-0.2, 0) is 13.6 Å². The molecule has 0 atom stereocenters. The van der Waals surface area contributed by atoms with Gasteiger partial charge >= 0.3 is 0 Å². The highest BCUT2D eigenvalue weighted by Gasteiger charge is 2.19. The van der Waals surface area contributed by atoms with Crippen molar-refractivity contribution in [2.24, 2.45) is 7.05 Å². The van der Waals surface area contributed by atoms with Crippen LogP contribution < -0.4 is 9.64 Å². The third-order valence-corrected chi connectivity index (χ3v) is 7.09. The summed E-state index contributed by atoms with van der Waals surface area (Å²) in [5, 5.41) is 18.4. The van der Waals surface area contributed by atoms with Gasteiger partial charge in [-0.25, -0.2) is 9.50 Å². The van der Waals surface area contributed by atoms with Gasteiger partial charge in [0.15, 0.2) is 0 Å². The fourth-order valence-corrected chi connectivity index (χ4v) is 5.01. The van der Waals surface area contributed by atoms with Gasteiger partial charge in [-0.15, -0.1) is 0 Å². The molecule has 0 aliphatic carbocycles. The van der Waals surface area contributed by atoms with Gasteiger partial charge in [0.1, 0.15) is 17.6 Å². The summed E-state index contributed by atoms with van der Waals surface area (Å²) in [5.41, 5.74) is 6.44. The average Bonchev–Trinajstić information content (AvgIpc) is 3.59. The molecule has 1 aliphatic heterocycles. The average molecular weight is 505 g/mol. The van der Waals surface area contributed by atoms with Crippen molar-refractivity contribution in [2.45, 2.75) is 6.54 Å². The Hall–Kier alpha value is -4.68. The minimum absolute atomic E-state index is 0.537. The third kappa shape index (κ3) is 4.58. The van der Waals surface area contributed by atoms with Crippen molar-refractivity contribution in [3.8, 4) is 34.1 Å². The van der Waals surface area contributed by atoms with E-state index in [0.29, 0.717) is 5.56 Å². The van der Waals surface area contributed by atoms with Crippen molar-refractivity contribution in [2.75, 3.05) is 38.2 Å². The number of fused-ring (bicyclic) bond motifs is 1. The fourth-order valence-electron chi connectivity index (χ4n) is 5.01. The Morgan fingerprint density at radius 3 is 2.37 bits per heavy atom. The molecule has 190 valence electrons. The largest absolute Gasteiger partial charge is 0.497 e. The number of nitrogens with zero attached hydrogens (tertiary/aromatic N) is 8. The van der Waals surface area contributed by atoms with Crippen LogP contribution in [0.2, 0.25) is 0 Å². The van der Waals surface area contributed by atoms with Crippen LogP contribution in [0.4, 0.5) is 5.82 Å². The summed E-state index contributed by atoms with van der Waals surface area (Å²) >= 11 is 0. The Bertz CT molecular complexity index is 1600. The standard InChI is InChI=1S/C29H28N8O/c1-34-19-25(17-32-34)23-13-27(29-24(14-30)16-33-37(29)20-23)22-5-8-28(31-15-22)36-11-9-35(10-12-36)18-21-3-6-26(38-2)7-4-21/h3-8,13,15-17,19-20H,9-12,18H2,1-2H3. The second kappa shape index (κ2) is 10.00. The minimum atomic E-state index is 0.537. The van der Waals surface area contributed by atoms with Crippen molar-refractivity contribution in [3.05, 3.63) is 84.6 Å². The van der Waals surface area contributed by atoms with E-state index < -0.39 is 0 Å². The molecule has 9 heteroatoms. The highest BCUT2D eigenvalue weighted by atomic mass is 16.5. The molecule has 0 bridgehead atoms. The Balaban J connectivity index is 1.21. The zero-order chi connectivity index (χ0) is 26.1. The van der Waals surface area contributed by atoms with E-state index in [4.69, 9.17) is 9.72 Å². The van der Waals surface area contributed by atoms with E-state index in [1.807, 2.05) is 44.0 Å². The molecule has 6 rings (SSSR count). The quantitative estimate of drug-likeness (QED) is 0.345. The van der Waals surface area contributed by atoms with Crippen LogP contribution in [0.25, 0.3) is 27.8 Å². The molecule has 1 aromatic carbocycles. The van der Waals surface area contributed by atoms with E-state index in [1.54, 1.807) is 22.5 Å². The molecule has 4 aromatic heterocycles. The summed E-state index contributed by atoms with van der Waals surface area (Å²) in [7, 11) is 3.59. The van der Waals surface area contributed by atoms with E-state index in [1.165, 1.54) is 5.56 Å². The van der Waals surface area contributed by atoms with Crippen LogP contribution in [0.15, 0.2) is 73.4 Å². The van der Waals surface area contributed by atoms with Crippen molar-refractivity contribution >= 4 is 11.3 Å². The van der Waals surface area contributed by atoms with Gasteiger partial charge < -0.3 is 9.64 Å². The molecule has 5 aromatic rings. The number of ether oxygens (including phenoxy) is 1. The number of hydrogen-bond donors (Lipinski definition) is 0. The molecule has 0 unspecified atom stereocenters. The molecule has 1 saturated heterocycles. The van der Waals surface area contributed by atoms with Crippen molar-refractivity contribution in [1.29, 1.82) is 5.26 Å². The first-order valence-corrected chi connectivity index (χ1v) is 12.6. The predicted octanol–water partition coefficient (Wildman–Crippen LogP) is 4.00. The summed E-state index contributed by atoms with van der Waals surface area (Å²) in [4.78, 5) is 9.62. The maximum Gasteiger partial charge on any atom is 0.128 e. The summed E-state index contributed by atoms with van der Waals surface area (Å²) in [6, 6.07) is 16.8. The molecule has 9 nitrogen and oxygen atoms in total. The first-order valence-electron chi connectivity index (χ1n) is 12.6.